The van der Waals surface area contributed by atoms with Crippen LogP contribution in [0.4, 0.5) is 10.5 Å². The first kappa shape index (κ1) is 23.7. The monoisotopic (exact) mass is 466 g/mol. The first-order chi connectivity index (χ1) is 14.7. The number of hydrogen-bond acceptors (Lipinski definition) is 9. The first-order valence-corrected chi connectivity index (χ1v) is 9.31. The standard InChI is InChI=1S/C18H16Cl2N6O5/c1-8(2)10-6-14(25-26-16(10)27)31-15-11(19)4-9(5-12(15)20)23-24-13(7-21)17(28)22-18(29)30-3/h4-6,8,23H,1-3H3,(H,26,27)(H,22,28,29)/b24-13+. The fourth-order valence-corrected chi connectivity index (χ4v) is 2.72. The summed E-state index contributed by atoms with van der Waals surface area (Å²) in [5.41, 5.74) is 2.16. The molecule has 13 heteroatoms. The van der Waals surface area contributed by atoms with Gasteiger partial charge in [-0.05, 0) is 18.1 Å². The number of aromatic nitrogens is 2. The van der Waals surface area contributed by atoms with E-state index in [9.17, 15) is 14.4 Å². The molecule has 0 saturated carbocycles. The number of rotatable bonds is 6. The molecule has 1 aromatic carbocycles. The minimum Gasteiger partial charge on any atom is -0.453 e. The lowest BCUT2D eigenvalue weighted by Crippen LogP contribution is -2.35. The summed E-state index contributed by atoms with van der Waals surface area (Å²) in [5.74, 6) is -0.979. The maximum atomic E-state index is 11.8. The number of nitrogens with one attached hydrogen (secondary N) is 3. The van der Waals surface area contributed by atoms with Crippen LogP contribution in [0, 0.1) is 11.3 Å². The predicted octanol–water partition coefficient (Wildman–Crippen LogP) is 3.17. The largest absolute Gasteiger partial charge is 0.453 e. The number of H-pyrrole nitrogens is 1. The summed E-state index contributed by atoms with van der Waals surface area (Å²) in [6, 6.07) is 5.75. The average Bonchev–Trinajstić information content (AvgIpc) is 2.71. The normalized spacial score (nSPS) is 10.9. The van der Waals surface area contributed by atoms with E-state index in [1.54, 1.807) is 5.32 Å². The summed E-state index contributed by atoms with van der Waals surface area (Å²) in [7, 11) is 1.06. The van der Waals surface area contributed by atoms with Crippen molar-refractivity contribution in [3.05, 3.63) is 44.2 Å². The molecule has 0 bridgehead atoms. The number of methoxy groups -OCH3 is 1. The molecule has 0 spiro atoms. The van der Waals surface area contributed by atoms with Crippen molar-refractivity contribution in [1.82, 2.24) is 15.5 Å². The van der Waals surface area contributed by atoms with E-state index in [2.05, 4.69) is 25.5 Å². The van der Waals surface area contributed by atoms with Crippen LogP contribution >= 0.6 is 23.2 Å². The number of aromatic amines is 1. The topological polar surface area (TPSA) is 159 Å². The van der Waals surface area contributed by atoms with Crippen molar-refractivity contribution >= 4 is 46.6 Å². The van der Waals surface area contributed by atoms with Crippen LogP contribution in [0.15, 0.2) is 28.1 Å². The summed E-state index contributed by atoms with van der Waals surface area (Å²) in [6.45, 7) is 3.69. The molecule has 31 heavy (non-hydrogen) atoms. The fraction of sp³-hybridized carbons (Fsp3) is 0.222. The van der Waals surface area contributed by atoms with E-state index in [1.165, 1.54) is 24.3 Å². The van der Waals surface area contributed by atoms with Crippen LogP contribution in [0.1, 0.15) is 25.3 Å². The minimum atomic E-state index is -1.07. The van der Waals surface area contributed by atoms with Gasteiger partial charge in [-0.25, -0.2) is 9.89 Å². The summed E-state index contributed by atoms with van der Waals surface area (Å²) < 4.78 is 9.87. The predicted molar refractivity (Wildman–Crippen MR) is 113 cm³/mol. The Bertz CT molecular complexity index is 1120. The van der Waals surface area contributed by atoms with Crippen molar-refractivity contribution in [3.63, 3.8) is 0 Å². The van der Waals surface area contributed by atoms with Crippen LogP contribution in [-0.2, 0) is 9.53 Å². The van der Waals surface area contributed by atoms with Gasteiger partial charge in [0.15, 0.2) is 5.75 Å². The fourth-order valence-electron chi connectivity index (χ4n) is 2.16. The van der Waals surface area contributed by atoms with E-state index < -0.39 is 17.7 Å². The maximum absolute atomic E-state index is 11.8. The number of halogens is 2. The lowest BCUT2D eigenvalue weighted by atomic mass is 10.1. The Morgan fingerprint density at radius 3 is 2.45 bits per heavy atom. The molecular formula is C18H16Cl2N6O5. The van der Waals surface area contributed by atoms with Gasteiger partial charge >= 0.3 is 6.09 Å². The molecule has 3 N–H and O–H groups in total. The second-order valence-electron chi connectivity index (χ2n) is 6.15. The number of anilines is 1. The molecule has 0 atom stereocenters. The van der Waals surface area contributed by atoms with Crippen molar-refractivity contribution in [3.8, 4) is 17.7 Å². The zero-order chi connectivity index (χ0) is 23.1. The van der Waals surface area contributed by atoms with Crippen molar-refractivity contribution in [2.45, 2.75) is 19.8 Å². The lowest BCUT2D eigenvalue weighted by molar-refractivity contribution is -0.114. The number of hydrazone groups is 1. The summed E-state index contributed by atoms with van der Waals surface area (Å²) >= 11 is 12.4. The van der Waals surface area contributed by atoms with Crippen molar-refractivity contribution < 1.29 is 19.1 Å². The molecule has 2 rings (SSSR count). The highest BCUT2D eigenvalue weighted by Gasteiger charge is 2.16. The van der Waals surface area contributed by atoms with E-state index in [1.807, 2.05) is 13.8 Å². The second kappa shape index (κ2) is 10.4. The number of amides is 2. The molecule has 2 aromatic rings. The van der Waals surface area contributed by atoms with Gasteiger partial charge in [-0.2, -0.15) is 10.4 Å². The molecule has 0 aliphatic carbocycles. The molecular weight excluding hydrogens is 451 g/mol. The average molecular weight is 467 g/mol. The molecule has 1 aromatic heterocycles. The third kappa shape index (κ3) is 6.18. The lowest BCUT2D eigenvalue weighted by Gasteiger charge is -2.12. The number of benzene rings is 1. The summed E-state index contributed by atoms with van der Waals surface area (Å²) in [6.07, 6.45) is -1.04. The molecule has 0 saturated heterocycles. The molecule has 0 fully saturated rings. The van der Waals surface area contributed by atoms with E-state index in [0.717, 1.165) is 7.11 Å². The Morgan fingerprint density at radius 2 is 1.90 bits per heavy atom. The molecule has 0 aliphatic heterocycles. The highest BCUT2D eigenvalue weighted by Crippen LogP contribution is 2.38. The van der Waals surface area contributed by atoms with Crippen LogP contribution in [0.25, 0.3) is 0 Å². The zero-order valence-corrected chi connectivity index (χ0v) is 18.0. The van der Waals surface area contributed by atoms with Gasteiger partial charge in [-0.15, -0.1) is 5.10 Å². The van der Waals surface area contributed by atoms with Crippen molar-refractivity contribution in [2.24, 2.45) is 5.10 Å². The molecule has 162 valence electrons. The third-order valence-electron chi connectivity index (χ3n) is 3.65. The molecule has 2 amide bonds. The van der Waals surface area contributed by atoms with Crippen LogP contribution in [-0.4, -0.2) is 35.0 Å². The van der Waals surface area contributed by atoms with Gasteiger partial charge in [0.2, 0.25) is 11.6 Å². The van der Waals surface area contributed by atoms with Gasteiger partial charge in [0.1, 0.15) is 6.07 Å². The smallest absolute Gasteiger partial charge is 0.413 e. The van der Waals surface area contributed by atoms with E-state index in [-0.39, 0.29) is 38.8 Å². The summed E-state index contributed by atoms with van der Waals surface area (Å²) in [4.78, 5) is 34.6. The first-order valence-electron chi connectivity index (χ1n) is 8.55. The Kier molecular flexibility index (Phi) is 7.95. The highest BCUT2D eigenvalue weighted by atomic mass is 35.5. The van der Waals surface area contributed by atoms with Gasteiger partial charge in [-0.3, -0.25) is 20.3 Å². The van der Waals surface area contributed by atoms with Gasteiger partial charge in [0.25, 0.3) is 11.5 Å². The van der Waals surface area contributed by atoms with E-state index in [4.69, 9.17) is 33.2 Å². The number of ether oxygens (including phenoxy) is 2. The van der Waals surface area contributed by atoms with Crippen LogP contribution in [0.5, 0.6) is 11.6 Å². The number of imide groups is 1. The molecule has 11 nitrogen and oxygen atoms in total. The van der Waals surface area contributed by atoms with Crippen LogP contribution < -0.4 is 21.0 Å². The zero-order valence-electron chi connectivity index (χ0n) is 16.4. The van der Waals surface area contributed by atoms with Crippen LogP contribution in [0.3, 0.4) is 0 Å². The number of carbonyl (C=O) groups excluding carboxylic acids is 2. The number of nitrogens with zero attached hydrogens (tertiary/aromatic N) is 3. The van der Waals surface area contributed by atoms with Gasteiger partial charge in [0.05, 0.1) is 22.8 Å². The van der Waals surface area contributed by atoms with E-state index >= 15 is 0 Å². The Balaban J connectivity index is 2.23. The third-order valence-corrected chi connectivity index (χ3v) is 4.22. The molecule has 0 unspecified atom stereocenters. The minimum absolute atomic E-state index is 0.0572. The van der Waals surface area contributed by atoms with Gasteiger partial charge < -0.3 is 9.47 Å². The molecule has 0 radical (unpaired) electrons. The molecule has 1 heterocycles. The van der Waals surface area contributed by atoms with Crippen molar-refractivity contribution in [2.75, 3.05) is 12.5 Å². The maximum Gasteiger partial charge on any atom is 0.413 e. The van der Waals surface area contributed by atoms with Crippen molar-refractivity contribution in [1.29, 1.82) is 5.26 Å². The number of nitriles is 1. The van der Waals surface area contributed by atoms with Crippen LogP contribution in [0.2, 0.25) is 10.0 Å². The Hall–Kier alpha value is -3.62. The quantitative estimate of drug-likeness (QED) is 0.432. The highest BCUT2D eigenvalue weighted by molar-refractivity contribution is 6.47. The van der Waals surface area contributed by atoms with Gasteiger partial charge in [0, 0.05) is 11.6 Å². The molecule has 0 aliphatic rings. The second-order valence-corrected chi connectivity index (χ2v) is 6.96. The Labute approximate surface area is 185 Å². The summed E-state index contributed by atoms with van der Waals surface area (Å²) in [5, 5.41) is 20.7. The number of hydrogen-bond donors (Lipinski definition) is 3. The number of carbonyl (C=O) groups is 2. The SMILES string of the molecule is COC(=O)NC(=O)/C(C#N)=N/Nc1cc(Cl)c(Oc2cc(C(C)C)c(=O)[nH]n2)c(Cl)c1. The number of alkyl carbamates (subject to hydrolysis) is 1. The Morgan fingerprint density at radius 1 is 1.26 bits per heavy atom. The van der Waals surface area contributed by atoms with Gasteiger partial charge in [-0.1, -0.05) is 37.0 Å². The van der Waals surface area contributed by atoms with E-state index in [0.29, 0.717) is 5.56 Å².